The first kappa shape index (κ1) is 18.9. The minimum Gasteiger partial charge on any atom is -0.306 e. The number of hydrogen-bond acceptors (Lipinski definition) is 3. The molecule has 7 heteroatoms. The Bertz CT molecular complexity index is 1360. The van der Waals surface area contributed by atoms with E-state index in [1.54, 1.807) is 7.05 Å². The quantitative estimate of drug-likeness (QED) is 0.525. The standard InChI is InChI=1S/C23H27N5O2/c1-4-15-10-12-16(13-11-15)18-14-27-19-20(25(2)23(30)26(3)21(19)29)24-22(27)28(18)17-8-6-5-7-9-17/h10-14,17H,4-9H2,1-3H3. The molecule has 0 radical (unpaired) electrons. The van der Waals surface area contributed by atoms with Gasteiger partial charge in [0.05, 0.1) is 5.69 Å². The zero-order chi connectivity index (χ0) is 21.0. The predicted molar refractivity (Wildman–Crippen MR) is 118 cm³/mol. The molecule has 0 bridgehead atoms. The number of rotatable bonds is 3. The highest BCUT2D eigenvalue weighted by molar-refractivity contribution is 5.78. The molecular formula is C23H27N5O2. The van der Waals surface area contributed by atoms with Gasteiger partial charge in [-0.2, -0.15) is 4.98 Å². The second-order valence-corrected chi connectivity index (χ2v) is 8.39. The number of aryl methyl sites for hydroxylation is 2. The van der Waals surface area contributed by atoms with Crippen molar-refractivity contribution in [3.63, 3.8) is 0 Å². The molecule has 1 aromatic carbocycles. The lowest BCUT2D eigenvalue weighted by Gasteiger charge is -2.25. The zero-order valence-corrected chi connectivity index (χ0v) is 17.8. The second kappa shape index (κ2) is 7.00. The third-order valence-electron chi connectivity index (χ3n) is 6.60. The summed E-state index contributed by atoms with van der Waals surface area (Å²) in [7, 11) is 3.19. The van der Waals surface area contributed by atoms with Gasteiger partial charge in [-0.1, -0.05) is 50.5 Å². The molecule has 0 spiro atoms. The first-order chi connectivity index (χ1) is 14.5. The lowest BCUT2D eigenvalue weighted by Crippen LogP contribution is -2.37. The van der Waals surface area contributed by atoms with E-state index in [4.69, 9.17) is 4.98 Å². The van der Waals surface area contributed by atoms with E-state index in [0.717, 1.165) is 40.9 Å². The van der Waals surface area contributed by atoms with E-state index in [1.807, 2.05) is 10.6 Å². The molecule has 1 fully saturated rings. The van der Waals surface area contributed by atoms with Crippen LogP contribution >= 0.6 is 0 Å². The van der Waals surface area contributed by atoms with E-state index in [9.17, 15) is 9.59 Å². The van der Waals surface area contributed by atoms with Crippen molar-refractivity contribution in [2.45, 2.75) is 51.5 Å². The number of benzene rings is 1. The summed E-state index contributed by atoms with van der Waals surface area (Å²) < 4.78 is 6.80. The normalized spacial score (nSPS) is 15.4. The highest BCUT2D eigenvalue weighted by atomic mass is 16.2. The summed E-state index contributed by atoms with van der Waals surface area (Å²) in [6.07, 6.45) is 8.89. The van der Waals surface area contributed by atoms with Crippen LogP contribution in [0.2, 0.25) is 0 Å². The Morgan fingerprint density at radius 2 is 1.70 bits per heavy atom. The lowest BCUT2D eigenvalue weighted by molar-refractivity contribution is 0.361. The van der Waals surface area contributed by atoms with Gasteiger partial charge in [0, 0.05) is 26.3 Å². The Balaban J connectivity index is 1.85. The van der Waals surface area contributed by atoms with Gasteiger partial charge >= 0.3 is 5.69 Å². The van der Waals surface area contributed by atoms with Crippen molar-refractivity contribution in [1.82, 2.24) is 23.1 Å². The maximum atomic E-state index is 13.0. The summed E-state index contributed by atoms with van der Waals surface area (Å²) in [6.45, 7) is 2.15. The molecule has 0 unspecified atom stereocenters. The van der Waals surface area contributed by atoms with Gasteiger partial charge < -0.3 is 4.57 Å². The molecule has 3 heterocycles. The average Bonchev–Trinajstić information content (AvgIpc) is 3.33. The Morgan fingerprint density at radius 1 is 1.00 bits per heavy atom. The van der Waals surface area contributed by atoms with Crippen molar-refractivity contribution in [2.75, 3.05) is 0 Å². The molecule has 5 rings (SSSR count). The van der Waals surface area contributed by atoms with E-state index in [1.165, 1.54) is 36.4 Å². The van der Waals surface area contributed by atoms with Crippen molar-refractivity contribution >= 4 is 16.9 Å². The van der Waals surface area contributed by atoms with Crippen LogP contribution in [-0.4, -0.2) is 23.1 Å². The fourth-order valence-electron chi connectivity index (χ4n) is 4.81. The largest absolute Gasteiger partial charge is 0.332 e. The van der Waals surface area contributed by atoms with E-state index >= 15 is 0 Å². The van der Waals surface area contributed by atoms with Crippen LogP contribution in [0.5, 0.6) is 0 Å². The maximum absolute atomic E-state index is 13.0. The summed E-state index contributed by atoms with van der Waals surface area (Å²) in [5.41, 5.74) is 3.73. The van der Waals surface area contributed by atoms with Crippen molar-refractivity contribution in [3.05, 3.63) is 56.9 Å². The number of fused-ring (bicyclic) bond motifs is 3. The molecule has 1 aliphatic carbocycles. The molecule has 7 nitrogen and oxygen atoms in total. The number of imidazole rings is 2. The van der Waals surface area contributed by atoms with Gasteiger partial charge in [-0.3, -0.25) is 18.3 Å². The third kappa shape index (κ3) is 2.68. The molecule has 1 saturated carbocycles. The fraction of sp³-hybridized carbons (Fsp3) is 0.435. The molecule has 0 saturated heterocycles. The van der Waals surface area contributed by atoms with Crippen LogP contribution in [0.1, 0.15) is 50.6 Å². The fourth-order valence-corrected chi connectivity index (χ4v) is 4.81. The van der Waals surface area contributed by atoms with Gasteiger partial charge in [0.25, 0.3) is 5.56 Å². The topological polar surface area (TPSA) is 66.2 Å². The average molecular weight is 406 g/mol. The Labute approximate surface area is 174 Å². The van der Waals surface area contributed by atoms with Crippen LogP contribution in [0.25, 0.3) is 28.2 Å². The molecule has 30 heavy (non-hydrogen) atoms. The van der Waals surface area contributed by atoms with Gasteiger partial charge in [0.1, 0.15) is 0 Å². The molecule has 0 N–H and O–H groups in total. The molecule has 3 aromatic heterocycles. The molecule has 0 atom stereocenters. The van der Waals surface area contributed by atoms with E-state index in [-0.39, 0.29) is 11.2 Å². The first-order valence-corrected chi connectivity index (χ1v) is 10.8. The monoisotopic (exact) mass is 405 g/mol. The van der Waals surface area contributed by atoms with Crippen LogP contribution in [0, 0.1) is 0 Å². The van der Waals surface area contributed by atoms with Crippen LogP contribution in [0.15, 0.2) is 40.1 Å². The van der Waals surface area contributed by atoms with Gasteiger partial charge in [0.15, 0.2) is 11.2 Å². The summed E-state index contributed by atoms with van der Waals surface area (Å²) in [6, 6.07) is 8.98. The summed E-state index contributed by atoms with van der Waals surface area (Å²) >= 11 is 0. The SMILES string of the molecule is CCc1ccc(-c2cn3c4c(=O)n(C)c(=O)n(C)c4nc3n2C2CCCCC2)cc1. The van der Waals surface area contributed by atoms with Gasteiger partial charge in [-0.15, -0.1) is 0 Å². The second-order valence-electron chi connectivity index (χ2n) is 8.39. The number of hydrogen-bond donors (Lipinski definition) is 0. The summed E-state index contributed by atoms with van der Waals surface area (Å²) in [5.74, 6) is 0.741. The summed E-state index contributed by atoms with van der Waals surface area (Å²) in [5, 5.41) is 0. The Kier molecular flexibility index (Phi) is 4.41. The van der Waals surface area contributed by atoms with Crippen LogP contribution in [0.4, 0.5) is 0 Å². The highest BCUT2D eigenvalue weighted by Crippen LogP contribution is 2.35. The molecule has 0 amide bonds. The molecular weight excluding hydrogens is 378 g/mol. The minimum atomic E-state index is -0.354. The van der Waals surface area contributed by atoms with Crippen molar-refractivity contribution < 1.29 is 0 Å². The van der Waals surface area contributed by atoms with Crippen LogP contribution in [0.3, 0.4) is 0 Å². The van der Waals surface area contributed by atoms with Crippen LogP contribution < -0.4 is 11.2 Å². The molecule has 156 valence electrons. The molecule has 4 aromatic rings. The van der Waals surface area contributed by atoms with E-state index in [0.29, 0.717) is 17.2 Å². The van der Waals surface area contributed by atoms with Crippen molar-refractivity contribution in [2.24, 2.45) is 14.1 Å². The molecule has 1 aliphatic rings. The van der Waals surface area contributed by atoms with Crippen LogP contribution in [-0.2, 0) is 20.5 Å². The summed E-state index contributed by atoms with van der Waals surface area (Å²) in [4.78, 5) is 30.2. The Hall–Kier alpha value is -3.09. The molecule has 0 aliphatic heterocycles. The minimum absolute atomic E-state index is 0.311. The van der Waals surface area contributed by atoms with Gasteiger partial charge in [-0.05, 0) is 30.4 Å². The van der Waals surface area contributed by atoms with Crippen molar-refractivity contribution in [1.29, 1.82) is 0 Å². The highest BCUT2D eigenvalue weighted by Gasteiger charge is 2.25. The number of nitrogens with zero attached hydrogens (tertiary/aromatic N) is 5. The van der Waals surface area contributed by atoms with Gasteiger partial charge in [-0.25, -0.2) is 4.79 Å². The Morgan fingerprint density at radius 3 is 2.37 bits per heavy atom. The predicted octanol–water partition coefficient (Wildman–Crippen LogP) is 3.42. The first-order valence-electron chi connectivity index (χ1n) is 10.8. The van der Waals surface area contributed by atoms with Crippen molar-refractivity contribution in [3.8, 4) is 11.3 Å². The van der Waals surface area contributed by atoms with E-state index in [2.05, 4.69) is 35.8 Å². The van der Waals surface area contributed by atoms with Gasteiger partial charge in [0.2, 0.25) is 5.78 Å². The maximum Gasteiger partial charge on any atom is 0.332 e. The third-order valence-corrected chi connectivity index (χ3v) is 6.60. The zero-order valence-electron chi connectivity index (χ0n) is 17.8. The smallest absolute Gasteiger partial charge is 0.306 e. The van der Waals surface area contributed by atoms with E-state index < -0.39 is 0 Å². The number of aromatic nitrogens is 5. The lowest BCUT2D eigenvalue weighted by atomic mass is 9.95.